The summed E-state index contributed by atoms with van der Waals surface area (Å²) < 4.78 is 10.6. The van der Waals surface area contributed by atoms with Gasteiger partial charge in [-0.25, -0.2) is 9.59 Å². The molecule has 2 aromatic rings. The molecule has 0 radical (unpaired) electrons. The molecule has 3 rings (SSSR count). The molecule has 0 aliphatic carbocycles. The Morgan fingerprint density at radius 3 is 2.45 bits per heavy atom. The summed E-state index contributed by atoms with van der Waals surface area (Å²) in [5.74, 6) is -0.918. The van der Waals surface area contributed by atoms with Gasteiger partial charge in [-0.2, -0.15) is 0 Å². The zero-order valence-electron chi connectivity index (χ0n) is 17.3. The second kappa shape index (κ2) is 10.7. The first-order chi connectivity index (χ1) is 15.0. The van der Waals surface area contributed by atoms with E-state index in [1.807, 2.05) is 49.4 Å². The Morgan fingerprint density at radius 1 is 1.03 bits per heavy atom. The van der Waals surface area contributed by atoms with Gasteiger partial charge < -0.3 is 20.1 Å². The fourth-order valence-electron chi connectivity index (χ4n) is 3.13. The minimum Gasteiger partial charge on any atom is -0.463 e. The van der Waals surface area contributed by atoms with Gasteiger partial charge >= 0.3 is 18.0 Å². The average Bonchev–Trinajstić information content (AvgIpc) is 2.77. The van der Waals surface area contributed by atoms with Gasteiger partial charge in [-0.1, -0.05) is 48.5 Å². The molecule has 31 heavy (non-hydrogen) atoms. The maximum atomic E-state index is 12.7. The number of ether oxygens (including phenoxy) is 2. The summed E-state index contributed by atoms with van der Waals surface area (Å²) in [5, 5.41) is 5.33. The van der Waals surface area contributed by atoms with Crippen LogP contribution in [0.2, 0.25) is 0 Å². The first kappa shape index (κ1) is 22.4. The molecule has 0 spiro atoms. The van der Waals surface area contributed by atoms with E-state index >= 15 is 0 Å². The fraction of sp³-hybridized carbons (Fsp3) is 0.261. The molecule has 0 fully saturated rings. The average molecular weight is 441 g/mol. The van der Waals surface area contributed by atoms with Crippen molar-refractivity contribution in [2.45, 2.75) is 24.8 Å². The lowest BCUT2D eigenvalue weighted by atomic mass is 9.95. The summed E-state index contributed by atoms with van der Waals surface area (Å²) in [5.41, 5.74) is 2.22. The van der Waals surface area contributed by atoms with Crippen LogP contribution in [0, 0.1) is 6.92 Å². The minimum atomic E-state index is -0.705. The third-order valence-electron chi connectivity index (χ3n) is 4.60. The molecule has 1 unspecified atom stereocenters. The Morgan fingerprint density at radius 2 is 1.74 bits per heavy atom. The predicted octanol–water partition coefficient (Wildman–Crippen LogP) is 3.50. The zero-order chi connectivity index (χ0) is 22.2. The molecule has 7 nitrogen and oxygen atoms in total. The Bertz CT molecular complexity index is 990. The number of carbonyl (C=O) groups excluding carboxylic acids is 3. The summed E-state index contributed by atoms with van der Waals surface area (Å²) in [6, 6.07) is 15.6. The van der Waals surface area contributed by atoms with Gasteiger partial charge in [0.2, 0.25) is 0 Å². The van der Waals surface area contributed by atoms with Crippen LogP contribution in [-0.2, 0) is 19.1 Å². The lowest BCUT2D eigenvalue weighted by molar-refractivity contribution is -0.141. The van der Waals surface area contributed by atoms with Gasteiger partial charge in [-0.3, -0.25) is 4.79 Å². The maximum absolute atomic E-state index is 12.7. The molecule has 2 N–H and O–H groups in total. The Labute approximate surface area is 185 Å². The monoisotopic (exact) mass is 440 g/mol. The molecule has 2 aromatic carbocycles. The van der Waals surface area contributed by atoms with Crippen LogP contribution in [0.25, 0.3) is 0 Å². The molecule has 0 bridgehead atoms. The second-order valence-corrected chi connectivity index (χ2v) is 7.79. The third-order valence-corrected chi connectivity index (χ3v) is 5.75. The highest BCUT2D eigenvalue weighted by atomic mass is 32.2. The van der Waals surface area contributed by atoms with Crippen molar-refractivity contribution in [3.8, 4) is 0 Å². The highest BCUT2D eigenvalue weighted by molar-refractivity contribution is 8.00. The van der Waals surface area contributed by atoms with E-state index in [0.29, 0.717) is 0 Å². The smallest absolute Gasteiger partial charge is 0.338 e. The van der Waals surface area contributed by atoms with Crippen LogP contribution in [-0.4, -0.2) is 36.9 Å². The summed E-state index contributed by atoms with van der Waals surface area (Å²) in [4.78, 5) is 38.2. The van der Waals surface area contributed by atoms with Crippen LogP contribution >= 0.6 is 11.8 Å². The van der Waals surface area contributed by atoms with Crippen LogP contribution < -0.4 is 10.6 Å². The van der Waals surface area contributed by atoms with Gasteiger partial charge in [0, 0.05) is 4.90 Å². The van der Waals surface area contributed by atoms with Crippen molar-refractivity contribution in [3.63, 3.8) is 0 Å². The normalized spacial score (nSPS) is 15.7. The van der Waals surface area contributed by atoms with E-state index in [1.165, 1.54) is 11.8 Å². The topological polar surface area (TPSA) is 93.7 Å². The van der Waals surface area contributed by atoms with Crippen LogP contribution in [0.3, 0.4) is 0 Å². The van der Waals surface area contributed by atoms with Crippen molar-refractivity contribution in [2.24, 2.45) is 0 Å². The third kappa shape index (κ3) is 5.88. The molecule has 2 amide bonds. The second-order valence-electron chi connectivity index (χ2n) is 6.77. The Balaban J connectivity index is 1.76. The zero-order valence-corrected chi connectivity index (χ0v) is 18.2. The standard InChI is InChI=1S/C23H24N2O5S/c1-3-29-22(27)20-17(24-23(28)25-21(20)16-10-5-4-6-11-16)13-30-19(26)14-31-18-12-8-7-9-15(18)2/h4-12,21H,3,13-14H2,1-2H3,(H2,24,25,28). The minimum absolute atomic E-state index is 0.112. The number of amides is 2. The van der Waals surface area contributed by atoms with Crippen molar-refractivity contribution in [1.82, 2.24) is 10.6 Å². The molecule has 162 valence electrons. The number of carbonyl (C=O) groups is 3. The molecule has 1 heterocycles. The highest BCUT2D eigenvalue weighted by Gasteiger charge is 2.34. The highest BCUT2D eigenvalue weighted by Crippen LogP contribution is 2.28. The Kier molecular flexibility index (Phi) is 7.72. The van der Waals surface area contributed by atoms with Crippen LogP contribution in [0.15, 0.2) is 70.8 Å². The molecule has 0 saturated heterocycles. The van der Waals surface area contributed by atoms with Crippen molar-refractivity contribution in [2.75, 3.05) is 19.0 Å². The van der Waals surface area contributed by atoms with E-state index in [2.05, 4.69) is 10.6 Å². The van der Waals surface area contributed by atoms with Crippen LogP contribution in [0.1, 0.15) is 24.1 Å². The lowest BCUT2D eigenvalue weighted by Crippen LogP contribution is -2.47. The number of hydrogen-bond donors (Lipinski definition) is 2. The maximum Gasteiger partial charge on any atom is 0.338 e. The Hall–Kier alpha value is -3.26. The number of esters is 2. The van der Waals surface area contributed by atoms with E-state index in [9.17, 15) is 14.4 Å². The summed E-state index contributed by atoms with van der Waals surface area (Å²) in [6.07, 6.45) is 0. The van der Waals surface area contributed by atoms with Gasteiger partial charge in [0.1, 0.15) is 6.61 Å². The van der Waals surface area contributed by atoms with Gasteiger partial charge in [-0.05, 0) is 31.0 Å². The van der Waals surface area contributed by atoms with Gasteiger partial charge in [0.15, 0.2) is 0 Å². The van der Waals surface area contributed by atoms with Crippen LogP contribution in [0.5, 0.6) is 0 Å². The quantitative estimate of drug-likeness (QED) is 0.482. The number of benzene rings is 2. The molecule has 1 atom stereocenters. The largest absolute Gasteiger partial charge is 0.463 e. The molecular weight excluding hydrogens is 416 g/mol. The van der Waals surface area contributed by atoms with E-state index in [0.717, 1.165) is 16.0 Å². The van der Waals surface area contributed by atoms with E-state index in [-0.39, 0.29) is 30.2 Å². The van der Waals surface area contributed by atoms with Crippen molar-refractivity contribution < 1.29 is 23.9 Å². The molecule has 0 saturated carbocycles. The fourth-order valence-corrected chi connectivity index (χ4v) is 3.95. The first-order valence-electron chi connectivity index (χ1n) is 9.86. The summed E-state index contributed by atoms with van der Waals surface area (Å²) in [7, 11) is 0. The number of rotatable bonds is 8. The SMILES string of the molecule is CCOC(=O)C1=C(COC(=O)CSc2ccccc2C)NC(=O)NC1c1ccccc1. The summed E-state index contributed by atoms with van der Waals surface area (Å²) in [6.45, 7) is 3.61. The van der Waals surface area contributed by atoms with Crippen LogP contribution in [0.4, 0.5) is 4.79 Å². The summed E-state index contributed by atoms with van der Waals surface area (Å²) >= 11 is 1.37. The van der Waals surface area contributed by atoms with Crippen molar-refractivity contribution in [3.05, 3.63) is 77.0 Å². The molecule has 0 aromatic heterocycles. The van der Waals surface area contributed by atoms with E-state index in [4.69, 9.17) is 9.47 Å². The number of urea groups is 1. The number of thioether (sulfide) groups is 1. The number of aryl methyl sites for hydroxylation is 1. The number of hydrogen-bond acceptors (Lipinski definition) is 6. The van der Waals surface area contributed by atoms with Gasteiger partial charge in [-0.15, -0.1) is 11.8 Å². The molecular formula is C23H24N2O5S. The molecule has 1 aliphatic heterocycles. The van der Waals surface area contributed by atoms with Gasteiger partial charge in [0.25, 0.3) is 0 Å². The molecule has 1 aliphatic rings. The number of nitrogens with one attached hydrogen (secondary N) is 2. The lowest BCUT2D eigenvalue weighted by Gasteiger charge is -2.29. The van der Waals surface area contributed by atoms with Crippen molar-refractivity contribution >= 4 is 29.7 Å². The molecule has 8 heteroatoms. The van der Waals surface area contributed by atoms with E-state index in [1.54, 1.807) is 19.1 Å². The van der Waals surface area contributed by atoms with Gasteiger partial charge in [0.05, 0.1) is 29.7 Å². The van der Waals surface area contributed by atoms with E-state index < -0.39 is 24.0 Å². The predicted molar refractivity (Wildman–Crippen MR) is 117 cm³/mol. The first-order valence-corrected chi connectivity index (χ1v) is 10.8. The van der Waals surface area contributed by atoms with Crippen molar-refractivity contribution in [1.29, 1.82) is 0 Å².